The maximum atomic E-state index is 13.4. The number of methoxy groups -OCH3 is 1. The number of carbonyl (C=O) groups excluding carboxylic acids is 2. The molecule has 7 heteroatoms. The second kappa shape index (κ2) is 8.39. The van der Waals surface area contributed by atoms with Crippen LogP contribution < -0.4 is 9.64 Å². The second-order valence-electron chi connectivity index (χ2n) is 8.15. The molecule has 0 spiro atoms. The summed E-state index contributed by atoms with van der Waals surface area (Å²) >= 11 is 6.28. The first-order valence-electron chi connectivity index (χ1n) is 10.7. The normalized spacial score (nSPS) is 17.5. The number of rotatable bonds is 4. The van der Waals surface area contributed by atoms with Crippen LogP contribution in [0.4, 0.5) is 5.69 Å². The number of nitrogens with one attached hydrogen (secondary N) is 1. The molecule has 0 aliphatic carbocycles. The monoisotopic (exact) mass is 472 g/mol. The summed E-state index contributed by atoms with van der Waals surface area (Å²) in [5.74, 6) is -1.33. The fourth-order valence-electron chi connectivity index (χ4n) is 4.46. The molecule has 1 aromatic heterocycles. The average molecular weight is 473 g/mol. The predicted octanol–water partition coefficient (Wildman–Crippen LogP) is 5.76. The van der Waals surface area contributed by atoms with E-state index in [9.17, 15) is 14.7 Å². The van der Waals surface area contributed by atoms with E-state index < -0.39 is 17.7 Å². The van der Waals surface area contributed by atoms with Crippen molar-refractivity contribution < 1.29 is 19.4 Å². The smallest absolute Gasteiger partial charge is 0.300 e. The zero-order chi connectivity index (χ0) is 24.0. The number of fused-ring (bicyclic) bond motifs is 1. The van der Waals surface area contributed by atoms with Gasteiger partial charge in [-0.1, -0.05) is 41.9 Å². The first-order valence-corrected chi connectivity index (χ1v) is 11.1. The third-order valence-electron chi connectivity index (χ3n) is 6.07. The summed E-state index contributed by atoms with van der Waals surface area (Å²) in [6.45, 7) is 1.92. The summed E-state index contributed by atoms with van der Waals surface area (Å²) in [5.41, 5.74) is 3.40. The zero-order valence-corrected chi connectivity index (χ0v) is 19.3. The SMILES string of the molecule is COc1ccc(/C(O)=C2\C(=O)C(=O)N(c3cccc(C)c3)C2c2c[nH]c3ccccc23)cc1Cl. The largest absolute Gasteiger partial charge is 0.507 e. The molecule has 0 saturated carbocycles. The minimum Gasteiger partial charge on any atom is -0.507 e. The number of aryl methyl sites for hydroxylation is 1. The maximum Gasteiger partial charge on any atom is 0.300 e. The van der Waals surface area contributed by atoms with E-state index in [1.165, 1.54) is 18.1 Å². The average Bonchev–Trinajstić information content (AvgIpc) is 3.37. The quantitative estimate of drug-likeness (QED) is 0.224. The van der Waals surface area contributed by atoms with Gasteiger partial charge in [-0.2, -0.15) is 0 Å². The van der Waals surface area contributed by atoms with E-state index in [-0.39, 0.29) is 16.4 Å². The number of para-hydroxylation sites is 1. The molecule has 1 aliphatic rings. The Morgan fingerprint density at radius 3 is 2.59 bits per heavy atom. The van der Waals surface area contributed by atoms with Crippen LogP contribution in [-0.2, 0) is 9.59 Å². The van der Waals surface area contributed by atoms with Gasteiger partial charge in [0, 0.05) is 33.9 Å². The van der Waals surface area contributed by atoms with E-state index in [0.29, 0.717) is 22.6 Å². The lowest BCUT2D eigenvalue weighted by Crippen LogP contribution is -2.29. The van der Waals surface area contributed by atoms with E-state index in [1.54, 1.807) is 24.4 Å². The van der Waals surface area contributed by atoms with Gasteiger partial charge in [-0.15, -0.1) is 0 Å². The van der Waals surface area contributed by atoms with Crippen LogP contribution in [0.2, 0.25) is 5.02 Å². The highest BCUT2D eigenvalue weighted by molar-refractivity contribution is 6.52. The number of aliphatic hydroxyl groups excluding tert-OH is 1. The standard InChI is InChI=1S/C27H21ClN2O4/c1-15-6-5-7-17(12-15)30-24(19-14-29-21-9-4-3-8-18(19)21)23(26(32)27(30)33)25(31)16-10-11-22(34-2)20(28)13-16/h3-14,24,29,31H,1-2H3/b25-23+. The number of hydrogen-bond acceptors (Lipinski definition) is 4. The number of aromatic amines is 1. The summed E-state index contributed by atoms with van der Waals surface area (Å²) in [6.07, 6.45) is 1.78. The molecular formula is C27H21ClN2O4. The Balaban J connectivity index is 1.77. The third kappa shape index (κ3) is 3.43. The van der Waals surface area contributed by atoms with Crippen LogP contribution in [0.25, 0.3) is 16.7 Å². The Morgan fingerprint density at radius 1 is 1.06 bits per heavy atom. The van der Waals surface area contributed by atoms with Crippen molar-refractivity contribution in [1.82, 2.24) is 4.98 Å². The van der Waals surface area contributed by atoms with Gasteiger partial charge in [0.25, 0.3) is 11.7 Å². The molecule has 4 aromatic rings. The van der Waals surface area contributed by atoms with Crippen molar-refractivity contribution in [3.8, 4) is 5.75 Å². The molecule has 1 atom stereocenters. The van der Waals surface area contributed by atoms with E-state index in [4.69, 9.17) is 16.3 Å². The molecule has 1 saturated heterocycles. The lowest BCUT2D eigenvalue weighted by Gasteiger charge is -2.25. The molecule has 34 heavy (non-hydrogen) atoms. The number of ketones is 1. The molecule has 1 aliphatic heterocycles. The van der Waals surface area contributed by atoms with Gasteiger partial charge in [0.15, 0.2) is 0 Å². The minimum atomic E-state index is -0.834. The number of nitrogens with zero attached hydrogens (tertiary/aromatic N) is 1. The summed E-state index contributed by atoms with van der Waals surface area (Å²) in [4.78, 5) is 31.4. The number of aromatic nitrogens is 1. The summed E-state index contributed by atoms with van der Waals surface area (Å²) < 4.78 is 5.19. The van der Waals surface area contributed by atoms with Gasteiger partial charge in [-0.3, -0.25) is 14.5 Å². The molecule has 170 valence electrons. The highest BCUT2D eigenvalue weighted by atomic mass is 35.5. The Labute approximate surface area is 201 Å². The van der Waals surface area contributed by atoms with Crippen molar-refractivity contribution in [2.45, 2.75) is 13.0 Å². The predicted molar refractivity (Wildman–Crippen MR) is 132 cm³/mol. The van der Waals surface area contributed by atoms with Crippen LogP contribution in [0.1, 0.15) is 22.7 Å². The maximum absolute atomic E-state index is 13.4. The topological polar surface area (TPSA) is 82.6 Å². The van der Waals surface area contributed by atoms with Crippen LogP contribution in [0.5, 0.6) is 5.75 Å². The molecule has 2 heterocycles. The minimum absolute atomic E-state index is 0.00232. The number of anilines is 1. The number of H-pyrrole nitrogens is 1. The molecule has 5 rings (SSSR count). The molecule has 1 fully saturated rings. The van der Waals surface area contributed by atoms with E-state index in [1.807, 2.05) is 49.4 Å². The molecule has 0 bridgehead atoms. The third-order valence-corrected chi connectivity index (χ3v) is 6.36. The second-order valence-corrected chi connectivity index (χ2v) is 8.55. The van der Waals surface area contributed by atoms with E-state index in [2.05, 4.69) is 4.98 Å². The Bertz CT molecular complexity index is 1490. The lowest BCUT2D eigenvalue weighted by atomic mass is 9.94. The number of carbonyl (C=O) groups is 2. The van der Waals surface area contributed by atoms with Crippen LogP contribution in [0.3, 0.4) is 0 Å². The fraction of sp³-hybridized carbons (Fsp3) is 0.111. The summed E-state index contributed by atoms with van der Waals surface area (Å²) in [6, 6.07) is 18.9. The highest BCUT2D eigenvalue weighted by Gasteiger charge is 2.47. The number of benzene rings is 3. The Morgan fingerprint density at radius 2 is 1.85 bits per heavy atom. The summed E-state index contributed by atoms with van der Waals surface area (Å²) in [7, 11) is 1.49. The van der Waals surface area contributed by atoms with Crippen molar-refractivity contribution >= 4 is 45.6 Å². The van der Waals surface area contributed by atoms with Crippen molar-refractivity contribution in [2.24, 2.45) is 0 Å². The molecule has 6 nitrogen and oxygen atoms in total. The summed E-state index contributed by atoms with van der Waals surface area (Å²) in [5, 5.41) is 12.5. The van der Waals surface area contributed by atoms with E-state index >= 15 is 0 Å². The van der Waals surface area contributed by atoms with Crippen LogP contribution in [0, 0.1) is 6.92 Å². The first kappa shape index (κ1) is 21.8. The number of halogens is 1. The van der Waals surface area contributed by atoms with Gasteiger partial charge in [0.2, 0.25) is 0 Å². The zero-order valence-electron chi connectivity index (χ0n) is 18.5. The van der Waals surface area contributed by atoms with Gasteiger partial charge in [-0.25, -0.2) is 0 Å². The van der Waals surface area contributed by atoms with Crippen LogP contribution in [0.15, 0.2) is 78.5 Å². The molecule has 3 aromatic carbocycles. The Hall–Kier alpha value is -4.03. The number of Topliss-reactive ketones (excluding diaryl/α,β-unsaturated/α-hetero) is 1. The van der Waals surface area contributed by atoms with Crippen LogP contribution >= 0.6 is 11.6 Å². The van der Waals surface area contributed by atoms with Gasteiger partial charge >= 0.3 is 0 Å². The lowest BCUT2D eigenvalue weighted by molar-refractivity contribution is -0.132. The van der Waals surface area contributed by atoms with Crippen molar-refractivity contribution in [1.29, 1.82) is 0 Å². The first-order chi connectivity index (χ1) is 16.4. The number of aliphatic hydroxyl groups is 1. The number of ether oxygens (including phenoxy) is 1. The van der Waals surface area contributed by atoms with Gasteiger partial charge in [0.05, 0.1) is 23.7 Å². The fourth-order valence-corrected chi connectivity index (χ4v) is 4.72. The van der Waals surface area contributed by atoms with E-state index in [0.717, 1.165) is 16.5 Å². The molecular weight excluding hydrogens is 452 g/mol. The molecule has 0 radical (unpaired) electrons. The van der Waals surface area contributed by atoms with Crippen LogP contribution in [-0.4, -0.2) is 28.9 Å². The van der Waals surface area contributed by atoms with Crippen molar-refractivity contribution in [2.75, 3.05) is 12.0 Å². The number of amides is 1. The Kier molecular flexibility index (Phi) is 5.38. The number of hydrogen-bond donors (Lipinski definition) is 2. The van der Waals surface area contributed by atoms with Gasteiger partial charge in [0.1, 0.15) is 11.5 Å². The van der Waals surface area contributed by atoms with Gasteiger partial charge in [-0.05, 0) is 48.9 Å². The molecule has 2 N–H and O–H groups in total. The highest BCUT2D eigenvalue weighted by Crippen LogP contribution is 2.44. The van der Waals surface area contributed by atoms with Gasteiger partial charge < -0.3 is 14.8 Å². The van der Waals surface area contributed by atoms with Crippen molar-refractivity contribution in [3.05, 3.63) is 100 Å². The van der Waals surface area contributed by atoms with Crippen molar-refractivity contribution in [3.63, 3.8) is 0 Å². The molecule has 1 amide bonds. The molecule has 1 unspecified atom stereocenters.